The average Bonchev–Trinajstić information content (AvgIpc) is 2.68. The zero-order chi connectivity index (χ0) is 20.9. The number of carbonyl (C=O) groups excluding carboxylic acids is 3. The number of ether oxygens (including phenoxy) is 2. The maximum absolute atomic E-state index is 12.2. The summed E-state index contributed by atoms with van der Waals surface area (Å²) >= 11 is 0. The van der Waals surface area contributed by atoms with Gasteiger partial charge in [-0.05, 0) is 39.0 Å². The van der Waals surface area contributed by atoms with Crippen LogP contribution >= 0.6 is 0 Å². The van der Waals surface area contributed by atoms with Gasteiger partial charge in [0.15, 0.2) is 5.78 Å². The third-order valence-electron chi connectivity index (χ3n) is 5.22. The molecule has 2 amide bonds. The first-order chi connectivity index (χ1) is 13.3. The van der Waals surface area contributed by atoms with E-state index in [1.54, 1.807) is 0 Å². The Hall–Kier alpha value is -1.47. The molecule has 1 unspecified atom stereocenters. The number of rotatable bonds is 13. The van der Waals surface area contributed by atoms with Crippen molar-refractivity contribution in [3.05, 3.63) is 0 Å². The summed E-state index contributed by atoms with van der Waals surface area (Å²) in [6.07, 6.45) is 4.58. The molecule has 0 aromatic carbocycles. The molecule has 28 heavy (non-hydrogen) atoms. The number of hydrogen-bond donors (Lipinski definition) is 2. The molecule has 0 aromatic heterocycles. The molecule has 7 heteroatoms. The smallest absolute Gasteiger partial charge is 0.223 e. The van der Waals surface area contributed by atoms with E-state index in [0.29, 0.717) is 26.2 Å². The molecule has 0 heterocycles. The second-order valence-electron chi connectivity index (χ2n) is 7.91. The number of Topliss-reactive ketones (excluding diaryl/α,β-unsaturated/α-hetero) is 1. The van der Waals surface area contributed by atoms with E-state index in [9.17, 15) is 14.4 Å². The third kappa shape index (κ3) is 10.2. The van der Waals surface area contributed by atoms with Crippen LogP contribution in [0, 0.1) is 11.8 Å². The molecule has 1 rings (SSSR count). The lowest BCUT2D eigenvalue weighted by atomic mass is 9.85. The van der Waals surface area contributed by atoms with Crippen LogP contribution in [0.4, 0.5) is 0 Å². The highest BCUT2D eigenvalue weighted by Gasteiger charge is 2.27. The predicted molar refractivity (Wildman–Crippen MR) is 108 cm³/mol. The molecule has 0 spiro atoms. The minimum Gasteiger partial charge on any atom is -0.379 e. The van der Waals surface area contributed by atoms with Gasteiger partial charge in [0.2, 0.25) is 11.8 Å². The van der Waals surface area contributed by atoms with Crippen LogP contribution in [-0.4, -0.2) is 56.1 Å². The zero-order valence-corrected chi connectivity index (χ0v) is 17.9. The van der Waals surface area contributed by atoms with Crippen LogP contribution in [0.2, 0.25) is 0 Å². The second kappa shape index (κ2) is 13.7. The van der Waals surface area contributed by atoms with Crippen LogP contribution in [0.5, 0.6) is 0 Å². The Morgan fingerprint density at radius 3 is 2.29 bits per heavy atom. The lowest BCUT2D eigenvalue weighted by molar-refractivity contribution is -0.129. The van der Waals surface area contributed by atoms with E-state index < -0.39 is 0 Å². The van der Waals surface area contributed by atoms with Crippen LogP contribution in [0.3, 0.4) is 0 Å². The van der Waals surface area contributed by atoms with Gasteiger partial charge in [-0.1, -0.05) is 20.8 Å². The Morgan fingerprint density at radius 2 is 1.68 bits per heavy atom. The minimum atomic E-state index is -0.0676. The van der Waals surface area contributed by atoms with Crippen molar-refractivity contribution in [1.29, 1.82) is 0 Å². The molecular formula is C21H38N2O5. The topological polar surface area (TPSA) is 93.7 Å². The average molecular weight is 399 g/mol. The van der Waals surface area contributed by atoms with Gasteiger partial charge < -0.3 is 20.1 Å². The summed E-state index contributed by atoms with van der Waals surface area (Å²) in [4.78, 5) is 35.8. The standard InChI is InChI=1S/C21H38N2O5/c1-5-16(4)28-13-12-27-11-10-20(25)23-18-8-6-17(7-9-18)21(26)22-14-19(24)15(2)3/h15-18H,5-14H2,1-4H3,(H,22,26)(H,23,25). The van der Waals surface area contributed by atoms with Crippen molar-refractivity contribution in [2.75, 3.05) is 26.4 Å². The van der Waals surface area contributed by atoms with E-state index >= 15 is 0 Å². The van der Waals surface area contributed by atoms with Crippen molar-refractivity contribution < 1.29 is 23.9 Å². The minimum absolute atomic E-state index is 0.0155. The summed E-state index contributed by atoms with van der Waals surface area (Å²) in [5.74, 6) is -0.155. The molecule has 1 saturated carbocycles. The van der Waals surface area contributed by atoms with Crippen LogP contribution in [0.25, 0.3) is 0 Å². The van der Waals surface area contributed by atoms with Crippen LogP contribution in [0.1, 0.15) is 66.2 Å². The summed E-state index contributed by atoms with van der Waals surface area (Å²) < 4.78 is 10.9. The Labute approximate surface area is 169 Å². The first kappa shape index (κ1) is 24.6. The van der Waals surface area contributed by atoms with Crippen LogP contribution in [0.15, 0.2) is 0 Å². The monoisotopic (exact) mass is 398 g/mol. The van der Waals surface area contributed by atoms with Gasteiger partial charge in [0, 0.05) is 24.3 Å². The number of hydrogen-bond acceptors (Lipinski definition) is 5. The first-order valence-electron chi connectivity index (χ1n) is 10.6. The molecule has 0 aliphatic heterocycles. The van der Waals surface area contributed by atoms with E-state index in [-0.39, 0.29) is 48.1 Å². The van der Waals surface area contributed by atoms with Gasteiger partial charge in [-0.25, -0.2) is 0 Å². The van der Waals surface area contributed by atoms with Gasteiger partial charge in [0.25, 0.3) is 0 Å². The number of ketones is 1. The Bertz CT molecular complexity index is 487. The van der Waals surface area contributed by atoms with E-state index in [0.717, 1.165) is 32.1 Å². The Balaban J connectivity index is 2.11. The predicted octanol–water partition coefficient (Wildman–Crippen LogP) is 2.22. The highest BCUT2D eigenvalue weighted by Crippen LogP contribution is 2.24. The summed E-state index contributed by atoms with van der Waals surface area (Å²) in [7, 11) is 0. The van der Waals surface area contributed by atoms with Crippen molar-refractivity contribution in [3.8, 4) is 0 Å². The SMILES string of the molecule is CCC(C)OCCOCCC(=O)NC1CCC(C(=O)NCC(=O)C(C)C)CC1. The van der Waals surface area contributed by atoms with E-state index in [1.165, 1.54) is 0 Å². The molecule has 1 fully saturated rings. The highest BCUT2D eigenvalue weighted by atomic mass is 16.5. The Morgan fingerprint density at radius 1 is 1.00 bits per heavy atom. The summed E-state index contributed by atoms with van der Waals surface area (Å²) in [5.41, 5.74) is 0. The van der Waals surface area contributed by atoms with Crippen LogP contribution < -0.4 is 10.6 Å². The van der Waals surface area contributed by atoms with Gasteiger partial charge in [0.05, 0.1) is 32.5 Å². The summed E-state index contributed by atoms with van der Waals surface area (Å²) in [6.45, 7) is 9.29. The fourth-order valence-corrected chi connectivity index (χ4v) is 3.02. The van der Waals surface area contributed by atoms with Crippen LogP contribution in [-0.2, 0) is 23.9 Å². The molecule has 162 valence electrons. The lowest BCUT2D eigenvalue weighted by Crippen LogP contribution is -2.42. The molecule has 1 aliphatic carbocycles. The normalized spacial score (nSPS) is 20.6. The van der Waals surface area contributed by atoms with Crippen molar-refractivity contribution in [2.45, 2.75) is 78.4 Å². The number of amides is 2. The number of carbonyl (C=O) groups is 3. The first-order valence-corrected chi connectivity index (χ1v) is 10.6. The molecular weight excluding hydrogens is 360 g/mol. The lowest BCUT2D eigenvalue weighted by Gasteiger charge is -2.28. The molecule has 2 N–H and O–H groups in total. The van der Waals surface area contributed by atoms with Crippen molar-refractivity contribution >= 4 is 17.6 Å². The highest BCUT2D eigenvalue weighted by molar-refractivity contribution is 5.88. The molecule has 1 atom stereocenters. The number of nitrogens with one attached hydrogen (secondary N) is 2. The van der Waals surface area contributed by atoms with Gasteiger partial charge >= 0.3 is 0 Å². The molecule has 0 bridgehead atoms. The van der Waals surface area contributed by atoms with E-state index in [4.69, 9.17) is 9.47 Å². The molecule has 1 aliphatic rings. The largest absolute Gasteiger partial charge is 0.379 e. The Kier molecular flexibility index (Phi) is 12.0. The maximum atomic E-state index is 12.2. The van der Waals surface area contributed by atoms with Gasteiger partial charge in [-0.2, -0.15) is 0 Å². The van der Waals surface area contributed by atoms with Gasteiger partial charge in [-0.3, -0.25) is 14.4 Å². The van der Waals surface area contributed by atoms with Crippen molar-refractivity contribution in [1.82, 2.24) is 10.6 Å². The fourth-order valence-electron chi connectivity index (χ4n) is 3.02. The van der Waals surface area contributed by atoms with Crippen molar-refractivity contribution in [2.24, 2.45) is 11.8 Å². The van der Waals surface area contributed by atoms with E-state index in [2.05, 4.69) is 17.6 Å². The summed E-state index contributed by atoms with van der Waals surface area (Å²) in [6, 6.07) is 0.114. The fraction of sp³-hybridized carbons (Fsp3) is 0.857. The molecule has 7 nitrogen and oxygen atoms in total. The van der Waals surface area contributed by atoms with Gasteiger partial charge in [0.1, 0.15) is 0 Å². The zero-order valence-electron chi connectivity index (χ0n) is 17.9. The second-order valence-corrected chi connectivity index (χ2v) is 7.91. The molecule has 0 saturated heterocycles. The van der Waals surface area contributed by atoms with Crippen molar-refractivity contribution in [3.63, 3.8) is 0 Å². The van der Waals surface area contributed by atoms with Gasteiger partial charge in [-0.15, -0.1) is 0 Å². The third-order valence-corrected chi connectivity index (χ3v) is 5.22. The molecule has 0 aromatic rings. The summed E-state index contributed by atoms with van der Waals surface area (Å²) in [5, 5.41) is 5.77. The van der Waals surface area contributed by atoms with E-state index in [1.807, 2.05) is 20.8 Å². The quantitative estimate of drug-likeness (QED) is 0.464. The maximum Gasteiger partial charge on any atom is 0.223 e. The molecule has 0 radical (unpaired) electrons.